The van der Waals surface area contributed by atoms with Crippen molar-refractivity contribution in [3.05, 3.63) is 51.5 Å². The van der Waals surface area contributed by atoms with Crippen LogP contribution in [0.4, 0.5) is 13.2 Å². The Morgan fingerprint density at radius 3 is 2.97 bits per heavy atom. The number of rotatable bonds is 6. The largest absolute Gasteiger partial charge is 0.418 e. The number of fused-ring (bicyclic) bond motifs is 2. The molecule has 0 bridgehead atoms. The van der Waals surface area contributed by atoms with E-state index in [4.69, 9.17) is 9.47 Å². The third kappa shape index (κ3) is 5.34. The van der Waals surface area contributed by atoms with Gasteiger partial charge in [-0.3, -0.25) is 9.69 Å². The molecule has 1 aliphatic carbocycles. The Kier molecular flexibility index (Phi) is 7.19. The number of alkyl halides is 3. The van der Waals surface area contributed by atoms with Crippen molar-refractivity contribution in [3.8, 4) is 0 Å². The van der Waals surface area contributed by atoms with Crippen molar-refractivity contribution < 1.29 is 27.4 Å². The van der Waals surface area contributed by atoms with Crippen molar-refractivity contribution >= 4 is 28.3 Å². The number of hydrogen-bond donors (Lipinski definition) is 2. The van der Waals surface area contributed by atoms with Gasteiger partial charge >= 0.3 is 6.18 Å². The average molecular weight is 549 g/mol. The van der Waals surface area contributed by atoms with Gasteiger partial charge in [0, 0.05) is 37.2 Å². The highest BCUT2D eigenvalue weighted by molar-refractivity contribution is 7.10. The molecular formula is C27H31F3N4O3S. The minimum atomic E-state index is -4.52. The molecule has 6 rings (SSSR count). The van der Waals surface area contributed by atoms with Crippen LogP contribution in [0.15, 0.2) is 29.6 Å². The maximum Gasteiger partial charge on any atom is 0.418 e. The minimum Gasteiger partial charge on any atom is -0.381 e. The number of carbonyl (C=O) groups is 1. The summed E-state index contributed by atoms with van der Waals surface area (Å²) < 4.78 is 52.5. The Morgan fingerprint density at radius 2 is 2.11 bits per heavy atom. The van der Waals surface area contributed by atoms with Gasteiger partial charge in [-0.2, -0.15) is 13.2 Å². The van der Waals surface area contributed by atoms with E-state index in [0.29, 0.717) is 12.6 Å². The van der Waals surface area contributed by atoms with Crippen LogP contribution in [0.3, 0.4) is 0 Å². The lowest BCUT2D eigenvalue weighted by Crippen LogP contribution is -2.45. The molecule has 2 aromatic heterocycles. The Morgan fingerprint density at radius 1 is 1.21 bits per heavy atom. The van der Waals surface area contributed by atoms with Gasteiger partial charge in [0.1, 0.15) is 11.3 Å². The van der Waals surface area contributed by atoms with E-state index in [2.05, 4.69) is 31.6 Å². The van der Waals surface area contributed by atoms with E-state index in [9.17, 15) is 18.0 Å². The molecule has 204 valence electrons. The number of aromatic nitrogens is 2. The number of halogens is 3. The summed E-state index contributed by atoms with van der Waals surface area (Å²) >= 11 is 1.72. The number of H-pyrrole nitrogens is 1. The summed E-state index contributed by atoms with van der Waals surface area (Å²) in [6, 6.07) is 6.19. The van der Waals surface area contributed by atoms with Crippen LogP contribution in [0.25, 0.3) is 11.0 Å². The van der Waals surface area contributed by atoms with E-state index in [1.165, 1.54) is 22.6 Å². The molecule has 11 heteroatoms. The number of nitrogens with zero attached hydrogens (tertiary/aromatic N) is 2. The highest BCUT2D eigenvalue weighted by atomic mass is 32.1. The standard InChI is InChI=1S/C27H31F3N4O3S/c28-27(29,30)18-4-1-5-19-25(18)33-23(31-19)13-24(35)32-20-14-34(17-3-2-10-36-11-8-17)15-22(20)37-21-7-6-16-9-12-38-26(16)21/h1,4-5,9,12,17,20-22H,2-3,6-8,10-11,13-15H2,(H,31,33)(H,32,35)/t17?,20-,21?,22-/m0/s1. The van der Waals surface area contributed by atoms with Crippen LogP contribution >= 0.6 is 11.3 Å². The van der Waals surface area contributed by atoms with E-state index in [1.807, 2.05) is 0 Å². The lowest BCUT2D eigenvalue weighted by atomic mass is 10.1. The molecule has 4 atom stereocenters. The Bertz CT molecular complexity index is 1280. The summed E-state index contributed by atoms with van der Waals surface area (Å²) in [5.74, 6) is -0.0769. The van der Waals surface area contributed by atoms with Crippen LogP contribution < -0.4 is 5.32 Å². The SMILES string of the molecule is O=C(Cc1nc2c(C(F)(F)F)cccc2[nH]1)N[C@H]1CN(C2CCCOCC2)C[C@@H]1OC1CCc2ccsc21. The number of benzene rings is 1. The third-order valence-electron chi connectivity index (χ3n) is 7.86. The second-order valence-corrected chi connectivity index (χ2v) is 11.3. The topological polar surface area (TPSA) is 79.5 Å². The molecule has 2 fully saturated rings. The first-order valence-corrected chi connectivity index (χ1v) is 14.1. The smallest absolute Gasteiger partial charge is 0.381 e. The number of imidazole rings is 1. The predicted molar refractivity (Wildman–Crippen MR) is 137 cm³/mol. The molecule has 0 radical (unpaired) electrons. The van der Waals surface area contributed by atoms with E-state index < -0.39 is 11.7 Å². The second-order valence-electron chi connectivity index (χ2n) is 10.4. The lowest BCUT2D eigenvalue weighted by Gasteiger charge is -2.26. The van der Waals surface area contributed by atoms with E-state index in [1.54, 1.807) is 11.3 Å². The fourth-order valence-electron chi connectivity index (χ4n) is 6.03. The van der Waals surface area contributed by atoms with Crippen LogP contribution in [0, 0.1) is 0 Å². The molecule has 3 aliphatic rings. The van der Waals surface area contributed by atoms with Gasteiger partial charge in [0.15, 0.2) is 0 Å². The van der Waals surface area contributed by atoms with Gasteiger partial charge < -0.3 is 19.8 Å². The molecule has 38 heavy (non-hydrogen) atoms. The maximum absolute atomic E-state index is 13.4. The normalized spacial score (nSPS) is 26.5. The number of hydrogen-bond acceptors (Lipinski definition) is 6. The van der Waals surface area contributed by atoms with Crippen LogP contribution in [0.1, 0.15) is 53.6 Å². The van der Waals surface area contributed by atoms with E-state index in [0.717, 1.165) is 57.9 Å². The third-order valence-corrected chi connectivity index (χ3v) is 8.91. The van der Waals surface area contributed by atoms with Gasteiger partial charge in [0.2, 0.25) is 5.91 Å². The molecule has 1 amide bonds. The summed E-state index contributed by atoms with van der Waals surface area (Å²) in [5, 5.41) is 5.23. The average Bonchev–Trinajstić information content (AvgIpc) is 3.61. The van der Waals surface area contributed by atoms with Crippen LogP contribution in [-0.2, 0) is 33.3 Å². The summed E-state index contributed by atoms with van der Waals surface area (Å²) in [6.45, 7) is 2.91. The number of para-hydroxylation sites is 1. The summed E-state index contributed by atoms with van der Waals surface area (Å²) in [6.07, 6.45) is 0.162. The van der Waals surface area contributed by atoms with Crippen LogP contribution in [0.5, 0.6) is 0 Å². The number of amides is 1. The Labute approximate surface area is 222 Å². The molecule has 2 unspecified atom stereocenters. The maximum atomic E-state index is 13.4. The van der Waals surface area contributed by atoms with Crippen molar-refractivity contribution in [3.63, 3.8) is 0 Å². The highest BCUT2D eigenvalue weighted by Gasteiger charge is 2.40. The van der Waals surface area contributed by atoms with Crippen LogP contribution in [0.2, 0.25) is 0 Å². The number of aryl methyl sites for hydroxylation is 1. The molecule has 7 nitrogen and oxygen atoms in total. The van der Waals surface area contributed by atoms with Crippen molar-refractivity contribution in [2.75, 3.05) is 26.3 Å². The number of carbonyl (C=O) groups excluding carboxylic acids is 1. The van der Waals surface area contributed by atoms with Crippen molar-refractivity contribution in [2.45, 2.75) is 69.0 Å². The zero-order chi connectivity index (χ0) is 26.3. The van der Waals surface area contributed by atoms with Crippen molar-refractivity contribution in [1.29, 1.82) is 0 Å². The Balaban J connectivity index is 1.17. The van der Waals surface area contributed by atoms with Crippen molar-refractivity contribution in [2.24, 2.45) is 0 Å². The zero-order valence-corrected chi connectivity index (χ0v) is 21.7. The fraction of sp³-hybridized carbons (Fsp3) is 0.556. The molecule has 2 saturated heterocycles. The zero-order valence-electron chi connectivity index (χ0n) is 20.9. The number of ether oxygens (including phenoxy) is 2. The number of aromatic amines is 1. The molecule has 0 saturated carbocycles. The lowest BCUT2D eigenvalue weighted by molar-refractivity contribution is -0.136. The van der Waals surface area contributed by atoms with Gasteiger partial charge in [-0.15, -0.1) is 11.3 Å². The first-order chi connectivity index (χ1) is 18.3. The first kappa shape index (κ1) is 25.8. The van der Waals surface area contributed by atoms with Gasteiger partial charge in [0.05, 0.1) is 35.8 Å². The molecule has 0 spiro atoms. The molecule has 3 aromatic rings. The van der Waals surface area contributed by atoms with Gasteiger partial charge in [-0.25, -0.2) is 4.98 Å². The molecule has 2 aliphatic heterocycles. The quantitative estimate of drug-likeness (QED) is 0.470. The monoisotopic (exact) mass is 548 g/mol. The number of nitrogens with one attached hydrogen (secondary N) is 2. The second kappa shape index (κ2) is 10.6. The summed E-state index contributed by atoms with van der Waals surface area (Å²) in [5.41, 5.74) is 0.633. The van der Waals surface area contributed by atoms with Crippen molar-refractivity contribution in [1.82, 2.24) is 20.2 Å². The highest BCUT2D eigenvalue weighted by Crippen LogP contribution is 2.40. The fourth-order valence-corrected chi connectivity index (χ4v) is 7.06. The number of likely N-dealkylation sites (tertiary alicyclic amines) is 1. The minimum absolute atomic E-state index is 0.0305. The van der Waals surface area contributed by atoms with Gasteiger partial charge in [-0.1, -0.05) is 6.07 Å². The van der Waals surface area contributed by atoms with Gasteiger partial charge in [0.25, 0.3) is 0 Å². The van der Waals surface area contributed by atoms with E-state index in [-0.39, 0.29) is 47.4 Å². The predicted octanol–water partition coefficient (Wildman–Crippen LogP) is 4.63. The molecular weight excluding hydrogens is 517 g/mol. The first-order valence-electron chi connectivity index (χ1n) is 13.2. The van der Waals surface area contributed by atoms with E-state index >= 15 is 0 Å². The van der Waals surface area contributed by atoms with Crippen LogP contribution in [-0.4, -0.2) is 65.3 Å². The molecule has 2 N–H and O–H groups in total. The number of thiophene rings is 1. The summed E-state index contributed by atoms with van der Waals surface area (Å²) in [4.78, 5) is 23.8. The molecule has 4 heterocycles. The summed E-state index contributed by atoms with van der Waals surface area (Å²) in [7, 11) is 0. The van der Waals surface area contributed by atoms with Gasteiger partial charge in [-0.05, 0) is 61.2 Å². The molecule has 1 aromatic carbocycles. The Hall–Kier alpha value is -2.47.